The zero-order valence-electron chi connectivity index (χ0n) is 11.2. The first-order valence-electron chi connectivity index (χ1n) is 6.54. The van der Waals surface area contributed by atoms with Gasteiger partial charge in [0.15, 0.2) is 0 Å². The normalized spacial score (nSPS) is 18.1. The average Bonchev–Trinajstić information content (AvgIpc) is 2.94. The van der Waals surface area contributed by atoms with Crippen LogP contribution >= 0.6 is 34.2 Å². The SMILES string of the molecule is COc1cc(I)c(Cl)cc1C(=O)NCC[C@H]1CCCO1. The highest BCUT2D eigenvalue weighted by Crippen LogP contribution is 2.28. The lowest BCUT2D eigenvalue weighted by Gasteiger charge is -2.12. The predicted molar refractivity (Wildman–Crippen MR) is 86.6 cm³/mol. The van der Waals surface area contributed by atoms with Crippen molar-refractivity contribution in [1.82, 2.24) is 5.32 Å². The van der Waals surface area contributed by atoms with Crippen LogP contribution in [-0.2, 0) is 4.74 Å². The molecule has 1 aliphatic heterocycles. The smallest absolute Gasteiger partial charge is 0.255 e. The second kappa shape index (κ2) is 7.47. The molecule has 1 saturated heterocycles. The number of halogens is 2. The molecule has 0 spiro atoms. The summed E-state index contributed by atoms with van der Waals surface area (Å²) < 4.78 is 11.6. The Kier molecular flexibility index (Phi) is 5.92. The lowest BCUT2D eigenvalue weighted by atomic mass is 10.1. The summed E-state index contributed by atoms with van der Waals surface area (Å²) in [6, 6.07) is 3.40. The highest BCUT2D eigenvalue weighted by atomic mass is 127. The number of methoxy groups -OCH3 is 1. The van der Waals surface area contributed by atoms with Crippen molar-refractivity contribution in [1.29, 1.82) is 0 Å². The Bertz CT molecular complexity index is 490. The van der Waals surface area contributed by atoms with E-state index in [1.807, 2.05) is 0 Å². The van der Waals surface area contributed by atoms with Crippen molar-refractivity contribution in [3.05, 3.63) is 26.3 Å². The van der Waals surface area contributed by atoms with Crippen LogP contribution < -0.4 is 10.1 Å². The van der Waals surface area contributed by atoms with Crippen LogP contribution in [0.15, 0.2) is 12.1 Å². The van der Waals surface area contributed by atoms with Crippen LogP contribution in [0.25, 0.3) is 0 Å². The van der Waals surface area contributed by atoms with E-state index in [0.717, 1.165) is 29.4 Å². The third-order valence-corrected chi connectivity index (χ3v) is 4.79. The first-order valence-corrected chi connectivity index (χ1v) is 8.00. The third kappa shape index (κ3) is 3.99. The van der Waals surface area contributed by atoms with Gasteiger partial charge in [0.1, 0.15) is 5.75 Å². The van der Waals surface area contributed by atoms with Gasteiger partial charge < -0.3 is 14.8 Å². The Labute approximate surface area is 137 Å². The van der Waals surface area contributed by atoms with Crippen molar-refractivity contribution >= 4 is 40.1 Å². The molecule has 4 nitrogen and oxygen atoms in total. The summed E-state index contributed by atoms with van der Waals surface area (Å²) in [4.78, 5) is 12.2. The lowest BCUT2D eigenvalue weighted by molar-refractivity contribution is 0.0905. The highest BCUT2D eigenvalue weighted by Gasteiger charge is 2.17. The maximum absolute atomic E-state index is 12.2. The fraction of sp³-hybridized carbons (Fsp3) is 0.500. The molecule has 2 rings (SSSR count). The molecule has 1 amide bonds. The Morgan fingerprint density at radius 1 is 1.60 bits per heavy atom. The van der Waals surface area contributed by atoms with Crippen molar-refractivity contribution < 1.29 is 14.3 Å². The van der Waals surface area contributed by atoms with Gasteiger partial charge in [-0.05, 0) is 54.0 Å². The van der Waals surface area contributed by atoms with Crippen LogP contribution in [0.1, 0.15) is 29.6 Å². The maximum Gasteiger partial charge on any atom is 0.255 e. The van der Waals surface area contributed by atoms with Gasteiger partial charge in [-0.3, -0.25) is 4.79 Å². The molecule has 1 aliphatic rings. The number of amides is 1. The molecule has 0 saturated carbocycles. The summed E-state index contributed by atoms with van der Waals surface area (Å²) in [5.41, 5.74) is 0.463. The Balaban J connectivity index is 1.95. The third-order valence-electron chi connectivity index (χ3n) is 3.26. The largest absolute Gasteiger partial charge is 0.496 e. The van der Waals surface area contributed by atoms with Crippen LogP contribution in [0.5, 0.6) is 5.75 Å². The fourth-order valence-electron chi connectivity index (χ4n) is 2.19. The van der Waals surface area contributed by atoms with Gasteiger partial charge in [0.25, 0.3) is 5.91 Å². The van der Waals surface area contributed by atoms with E-state index in [0.29, 0.717) is 22.9 Å². The molecule has 1 N–H and O–H groups in total. The summed E-state index contributed by atoms with van der Waals surface area (Å²) >= 11 is 8.17. The summed E-state index contributed by atoms with van der Waals surface area (Å²) in [7, 11) is 1.54. The molecular formula is C14H17ClINO3. The molecule has 6 heteroatoms. The van der Waals surface area contributed by atoms with Crippen molar-refractivity contribution in [2.75, 3.05) is 20.3 Å². The van der Waals surface area contributed by atoms with E-state index < -0.39 is 0 Å². The second-order valence-electron chi connectivity index (χ2n) is 4.65. The van der Waals surface area contributed by atoms with Crippen molar-refractivity contribution in [2.45, 2.75) is 25.4 Å². The van der Waals surface area contributed by atoms with Crippen molar-refractivity contribution in [2.24, 2.45) is 0 Å². The Morgan fingerprint density at radius 2 is 2.40 bits per heavy atom. The number of carbonyl (C=O) groups excluding carboxylic acids is 1. The molecule has 110 valence electrons. The monoisotopic (exact) mass is 409 g/mol. The van der Waals surface area contributed by atoms with Gasteiger partial charge in [-0.25, -0.2) is 0 Å². The van der Waals surface area contributed by atoms with Gasteiger partial charge >= 0.3 is 0 Å². The minimum absolute atomic E-state index is 0.168. The van der Waals surface area contributed by atoms with Crippen LogP contribution in [0, 0.1) is 3.57 Å². The van der Waals surface area contributed by atoms with Crippen LogP contribution in [-0.4, -0.2) is 32.3 Å². The molecule has 20 heavy (non-hydrogen) atoms. The quantitative estimate of drug-likeness (QED) is 0.760. The molecule has 1 heterocycles. The summed E-state index contributed by atoms with van der Waals surface area (Å²) in [5.74, 6) is 0.367. The van der Waals surface area contributed by atoms with E-state index >= 15 is 0 Å². The number of benzene rings is 1. The molecule has 0 aromatic heterocycles. The van der Waals surface area contributed by atoms with E-state index in [1.54, 1.807) is 19.2 Å². The summed E-state index contributed by atoms with van der Waals surface area (Å²) in [6.07, 6.45) is 3.30. The standard InChI is InChI=1S/C14H17ClINO3/c1-19-13-8-12(16)11(15)7-10(13)14(18)17-5-4-9-3-2-6-20-9/h7-9H,2-6H2,1H3,(H,17,18)/t9-/m1/s1. The topological polar surface area (TPSA) is 47.6 Å². The minimum Gasteiger partial charge on any atom is -0.496 e. The molecular weight excluding hydrogens is 393 g/mol. The van der Waals surface area contributed by atoms with E-state index in [-0.39, 0.29) is 12.0 Å². The van der Waals surface area contributed by atoms with Crippen molar-refractivity contribution in [3.63, 3.8) is 0 Å². The molecule has 1 fully saturated rings. The van der Waals surface area contributed by atoms with Gasteiger partial charge in [0.05, 0.1) is 23.8 Å². The first kappa shape index (κ1) is 15.9. The Morgan fingerprint density at radius 3 is 3.05 bits per heavy atom. The molecule has 1 aromatic rings. The molecule has 0 radical (unpaired) electrons. The number of ether oxygens (including phenoxy) is 2. The summed E-state index contributed by atoms with van der Waals surface area (Å²) in [6.45, 7) is 1.43. The van der Waals surface area contributed by atoms with E-state index in [4.69, 9.17) is 21.1 Å². The van der Waals surface area contributed by atoms with E-state index in [1.165, 1.54) is 0 Å². The van der Waals surface area contributed by atoms with E-state index in [2.05, 4.69) is 27.9 Å². The predicted octanol–water partition coefficient (Wildman–Crippen LogP) is 3.25. The number of carbonyl (C=O) groups is 1. The Hall–Kier alpha value is -0.530. The first-order chi connectivity index (χ1) is 9.61. The highest BCUT2D eigenvalue weighted by molar-refractivity contribution is 14.1. The minimum atomic E-state index is -0.168. The number of hydrogen-bond donors (Lipinski definition) is 1. The van der Waals surface area contributed by atoms with Gasteiger partial charge in [-0.15, -0.1) is 0 Å². The molecule has 0 aliphatic carbocycles. The average molecular weight is 410 g/mol. The zero-order valence-corrected chi connectivity index (χ0v) is 14.2. The molecule has 1 aromatic carbocycles. The van der Waals surface area contributed by atoms with Crippen LogP contribution in [0.3, 0.4) is 0 Å². The second-order valence-corrected chi connectivity index (χ2v) is 6.22. The molecule has 1 atom stereocenters. The van der Waals surface area contributed by atoms with Gasteiger partial charge in [-0.2, -0.15) is 0 Å². The number of nitrogens with one attached hydrogen (secondary N) is 1. The summed E-state index contributed by atoms with van der Waals surface area (Å²) in [5, 5.41) is 3.44. The van der Waals surface area contributed by atoms with Crippen LogP contribution in [0.2, 0.25) is 5.02 Å². The lowest BCUT2D eigenvalue weighted by Crippen LogP contribution is -2.27. The van der Waals surface area contributed by atoms with Gasteiger partial charge in [-0.1, -0.05) is 11.6 Å². The number of hydrogen-bond acceptors (Lipinski definition) is 3. The maximum atomic E-state index is 12.2. The molecule has 0 bridgehead atoms. The van der Waals surface area contributed by atoms with Crippen LogP contribution in [0.4, 0.5) is 0 Å². The van der Waals surface area contributed by atoms with Gasteiger partial charge in [0.2, 0.25) is 0 Å². The molecule has 0 unspecified atom stereocenters. The number of rotatable bonds is 5. The van der Waals surface area contributed by atoms with Crippen molar-refractivity contribution in [3.8, 4) is 5.75 Å². The zero-order chi connectivity index (χ0) is 14.5. The van der Waals surface area contributed by atoms with Gasteiger partial charge in [0, 0.05) is 16.7 Å². The fourth-order valence-corrected chi connectivity index (χ4v) is 2.79. The van der Waals surface area contributed by atoms with E-state index in [9.17, 15) is 4.79 Å².